The van der Waals surface area contributed by atoms with E-state index in [1.165, 1.54) is 0 Å². The Morgan fingerprint density at radius 1 is 1.22 bits per heavy atom. The molecule has 3 N–H and O–H groups in total. The Hall–Kier alpha value is -2.20. The molecule has 2 aromatic carbocycles. The van der Waals surface area contributed by atoms with Crippen molar-refractivity contribution in [1.29, 1.82) is 0 Å². The summed E-state index contributed by atoms with van der Waals surface area (Å²) >= 11 is 0. The summed E-state index contributed by atoms with van der Waals surface area (Å²) in [6.07, 6.45) is 1.99. The highest BCUT2D eigenvalue weighted by Crippen LogP contribution is 2.27. The summed E-state index contributed by atoms with van der Waals surface area (Å²) in [4.78, 5) is 24.3. The average Bonchev–Trinajstić information content (AvgIpc) is 2.54. The minimum atomic E-state index is -0.407. The lowest BCUT2D eigenvalue weighted by atomic mass is 9.88. The van der Waals surface area contributed by atoms with Crippen molar-refractivity contribution in [1.82, 2.24) is 5.32 Å². The van der Waals surface area contributed by atoms with Crippen LogP contribution in [0.25, 0.3) is 10.8 Å². The molecule has 1 heterocycles. The number of primary amides is 1. The number of ketones is 1. The Balaban J connectivity index is 2.04. The first-order valence-corrected chi connectivity index (χ1v) is 8.07. The molecule has 1 fully saturated rings. The van der Waals surface area contributed by atoms with Crippen molar-refractivity contribution in [3.8, 4) is 0 Å². The van der Waals surface area contributed by atoms with Gasteiger partial charge in [-0.1, -0.05) is 18.2 Å². The topological polar surface area (TPSA) is 72.2 Å². The first-order chi connectivity index (χ1) is 11.0. The lowest BCUT2D eigenvalue weighted by molar-refractivity contribution is 0.0899. The summed E-state index contributed by atoms with van der Waals surface area (Å²) in [5.41, 5.74) is 8.54. The highest BCUT2D eigenvalue weighted by molar-refractivity contribution is 6.05. The molecule has 23 heavy (non-hydrogen) atoms. The van der Waals surface area contributed by atoms with Crippen LogP contribution in [0.3, 0.4) is 0 Å². The Bertz CT molecular complexity index is 790. The van der Waals surface area contributed by atoms with E-state index >= 15 is 0 Å². The molecule has 120 valence electrons. The molecule has 1 amide bonds. The molecule has 0 bridgehead atoms. The second-order valence-corrected chi connectivity index (χ2v) is 6.40. The summed E-state index contributed by atoms with van der Waals surface area (Å²) in [5.74, 6) is -0.142. The molecule has 0 aliphatic carbocycles. The fourth-order valence-corrected chi connectivity index (χ4v) is 3.60. The van der Waals surface area contributed by atoms with Gasteiger partial charge in [-0.05, 0) is 61.2 Å². The summed E-state index contributed by atoms with van der Waals surface area (Å²) in [5, 5.41) is 5.25. The first kappa shape index (κ1) is 15.7. The number of rotatable bonds is 3. The Kier molecular flexibility index (Phi) is 4.18. The van der Waals surface area contributed by atoms with Crippen LogP contribution in [0.4, 0.5) is 0 Å². The van der Waals surface area contributed by atoms with Crippen LogP contribution in [0, 0.1) is 19.8 Å². The molecule has 1 unspecified atom stereocenters. The van der Waals surface area contributed by atoms with Gasteiger partial charge in [0.1, 0.15) is 0 Å². The zero-order valence-corrected chi connectivity index (χ0v) is 13.6. The van der Waals surface area contributed by atoms with E-state index in [2.05, 4.69) is 5.32 Å². The predicted molar refractivity (Wildman–Crippen MR) is 91.9 cm³/mol. The van der Waals surface area contributed by atoms with Gasteiger partial charge < -0.3 is 11.1 Å². The number of amides is 1. The van der Waals surface area contributed by atoms with Gasteiger partial charge in [-0.2, -0.15) is 0 Å². The van der Waals surface area contributed by atoms with Crippen molar-refractivity contribution < 1.29 is 9.59 Å². The van der Waals surface area contributed by atoms with Gasteiger partial charge in [0.25, 0.3) is 0 Å². The molecule has 0 aromatic heterocycles. The number of Topliss-reactive ketones (excluding diaryl/α,β-unsaturated/α-hetero) is 1. The SMILES string of the molecule is Cc1cc2cc(C(=O)C3CCCNC3)ccc2c(C)c1C(N)=O. The van der Waals surface area contributed by atoms with Crippen molar-refractivity contribution in [3.63, 3.8) is 0 Å². The molecule has 1 atom stereocenters. The molecular formula is C19H22N2O2. The summed E-state index contributed by atoms with van der Waals surface area (Å²) in [6.45, 7) is 5.54. The lowest BCUT2D eigenvalue weighted by Gasteiger charge is -2.21. The third kappa shape index (κ3) is 2.86. The van der Waals surface area contributed by atoms with Gasteiger partial charge >= 0.3 is 0 Å². The van der Waals surface area contributed by atoms with Crippen LogP contribution < -0.4 is 11.1 Å². The van der Waals surface area contributed by atoms with Crippen LogP contribution in [-0.4, -0.2) is 24.8 Å². The van der Waals surface area contributed by atoms with Gasteiger partial charge in [0.05, 0.1) is 0 Å². The summed E-state index contributed by atoms with van der Waals surface area (Å²) in [7, 11) is 0. The number of carbonyl (C=O) groups is 2. The normalized spacial score (nSPS) is 18.1. The molecule has 4 nitrogen and oxygen atoms in total. The second-order valence-electron chi connectivity index (χ2n) is 6.40. The van der Waals surface area contributed by atoms with Gasteiger partial charge in [-0.25, -0.2) is 0 Å². The van der Waals surface area contributed by atoms with Crippen LogP contribution in [0.1, 0.15) is 44.7 Å². The number of benzene rings is 2. The molecule has 1 saturated heterocycles. The maximum Gasteiger partial charge on any atom is 0.249 e. The number of hydrogen-bond acceptors (Lipinski definition) is 3. The van der Waals surface area contributed by atoms with E-state index in [9.17, 15) is 9.59 Å². The number of piperidine rings is 1. The van der Waals surface area contributed by atoms with Gasteiger partial charge in [0, 0.05) is 23.6 Å². The second kappa shape index (κ2) is 6.13. The van der Waals surface area contributed by atoms with E-state index in [0.717, 1.165) is 53.4 Å². The standard InChI is InChI=1S/C19H22N2O2/c1-11-8-15-9-13(18(22)14-4-3-7-21-10-14)5-6-16(15)12(2)17(11)19(20)23/h5-6,8-9,14,21H,3-4,7,10H2,1-2H3,(H2,20,23). The van der Waals surface area contributed by atoms with Gasteiger partial charge in [0.2, 0.25) is 5.91 Å². The number of nitrogens with one attached hydrogen (secondary N) is 1. The molecule has 0 spiro atoms. The number of hydrogen-bond donors (Lipinski definition) is 2. The molecule has 3 rings (SSSR count). The number of fused-ring (bicyclic) bond motifs is 1. The van der Waals surface area contributed by atoms with Crippen molar-refractivity contribution in [2.24, 2.45) is 11.7 Å². The van der Waals surface area contributed by atoms with Crippen LogP contribution >= 0.6 is 0 Å². The van der Waals surface area contributed by atoms with E-state index < -0.39 is 5.91 Å². The minimum Gasteiger partial charge on any atom is -0.366 e. The van der Waals surface area contributed by atoms with Gasteiger partial charge in [-0.3, -0.25) is 9.59 Å². The fraction of sp³-hybridized carbons (Fsp3) is 0.368. The zero-order chi connectivity index (χ0) is 16.6. The van der Waals surface area contributed by atoms with Crippen LogP contribution in [0.2, 0.25) is 0 Å². The molecular weight excluding hydrogens is 288 g/mol. The molecule has 4 heteroatoms. The van der Waals surface area contributed by atoms with E-state index in [1.807, 2.05) is 38.1 Å². The molecule has 2 aromatic rings. The van der Waals surface area contributed by atoms with Gasteiger partial charge in [0.15, 0.2) is 5.78 Å². The smallest absolute Gasteiger partial charge is 0.249 e. The van der Waals surface area contributed by atoms with E-state index in [4.69, 9.17) is 5.73 Å². The molecule has 1 aliphatic rings. The van der Waals surface area contributed by atoms with Crippen molar-refractivity contribution >= 4 is 22.5 Å². The predicted octanol–water partition coefficient (Wildman–Crippen LogP) is 2.74. The van der Waals surface area contributed by atoms with Crippen molar-refractivity contribution in [2.75, 3.05) is 13.1 Å². The number of carbonyl (C=O) groups excluding carboxylic acids is 2. The fourth-order valence-electron chi connectivity index (χ4n) is 3.60. The number of aryl methyl sites for hydroxylation is 2. The third-order valence-electron chi connectivity index (χ3n) is 4.80. The van der Waals surface area contributed by atoms with E-state index in [-0.39, 0.29) is 11.7 Å². The summed E-state index contributed by atoms with van der Waals surface area (Å²) in [6, 6.07) is 7.68. The molecule has 0 saturated carbocycles. The summed E-state index contributed by atoms with van der Waals surface area (Å²) < 4.78 is 0. The Morgan fingerprint density at radius 3 is 2.65 bits per heavy atom. The lowest BCUT2D eigenvalue weighted by Crippen LogP contribution is -2.34. The highest BCUT2D eigenvalue weighted by Gasteiger charge is 2.22. The largest absolute Gasteiger partial charge is 0.366 e. The average molecular weight is 310 g/mol. The maximum absolute atomic E-state index is 12.7. The highest BCUT2D eigenvalue weighted by atomic mass is 16.1. The minimum absolute atomic E-state index is 0.0632. The first-order valence-electron chi connectivity index (χ1n) is 8.07. The van der Waals surface area contributed by atoms with E-state index in [1.54, 1.807) is 0 Å². The zero-order valence-electron chi connectivity index (χ0n) is 13.6. The molecule has 0 radical (unpaired) electrons. The van der Waals surface area contributed by atoms with E-state index in [0.29, 0.717) is 5.56 Å². The quantitative estimate of drug-likeness (QED) is 0.856. The van der Waals surface area contributed by atoms with Crippen LogP contribution in [-0.2, 0) is 0 Å². The Morgan fingerprint density at radius 2 is 2.00 bits per heavy atom. The van der Waals surface area contributed by atoms with Crippen molar-refractivity contribution in [3.05, 3.63) is 46.5 Å². The Labute approximate surface area is 136 Å². The van der Waals surface area contributed by atoms with Crippen LogP contribution in [0.5, 0.6) is 0 Å². The maximum atomic E-state index is 12.7. The van der Waals surface area contributed by atoms with Crippen LogP contribution in [0.15, 0.2) is 24.3 Å². The molecule has 1 aliphatic heterocycles. The number of nitrogens with two attached hydrogens (primary N) is 1. The van der Waals surface area contributed by atoms with Crippen molar-refractivity contribution in [2.45, 2.75) is 26.7 Å². The third-order valence-corrected chi connectivity index (χ3v) is 4.80. The monoisotopic (exact) mass is 310 g/mol. The van der Waals surface area contributed by atoms with Gasteiger partial charge in [-0.15, -0.1) is 0 Å².